The normalized spacial score (nSPS) is 31.2. The van der Waals surface area contributed by atoms with Gasteiger partial charge in [0.15, 0.2) is 6.54 Å². The van der Waals surface area contributed by atoms with Crippen molar-refractivity contribution in [3.05, 3.63) is 0 Å². The van der Waals surface area contributed by atoms with Crippen molar-refractivity contribution in [3.63, 3.8) is 0 Å². The van der Waals surface area contributed by atoms with Crippen LogP contribution in [0.3, 0.4) is 0 Å². The predicted molar refractivity (Wildman–Crippen MR) is 146 cm³/mol. The van der Waals surface area contributed by atoms with Crippen LogP contribution in [0.5, 0.6) is 0 Å². The molecule has 3 rings (SSSR count). The Morgan fingerprint density at radius 1 is 0.844 bits per heavy atom. The minimum absolute atomic E-state index is 0.0686. The quantitative estimate of drug-likeness (QED) is 0.0573. The van der Waals surface area contributed by atoms with Crippen LogP contribution >= 0.6 is 0 Å². The first-order valence-corrected chi connectivity index (χ1v) is 15.1. The highest BCUT2D eigenvalue weighted by Crippen LogP contribution is 2.38. The van der Waals surface area contributed by atoms with Crippen LogP contribution in [0, 0.1) is 0 Å². The minimum atomic E-state index is -1.19. The summed E-state index contributed by atoms with van der Waals surface area (Å²) < 4.78 is 110. The van der Waals surface area contributed by atoms with E-state index < -0.39 is 63.8 Å². The minimum Gasteiger partial charge on any atom is -0.371 e. The number of nitrogens with one attached hydrogen (secondary N) is 1. The largest absolute Gasteiger partial charge is 0.371 e. The van der Waals surface area contributed by atoms with Crippen molar-refractivity contribution >= 4 is 0 Å². The number of unbranched alkanes of at least 4 members (excludes halogenated alkanes) is 1. The van der Waals surface area contributed by atoms with Crippen LogP contribution in [0.15, 0.2) is 0 Å². The number of ether oxygens (including phenoxy) is 3. The molecule has 0 radical (unpaired) electrons. The van der Waals surface area contributed by atoms with Crippen molar-refractivity contribution < 1.29 is 70.1 Å². The zero-order valence-corrected chi connectivity index (χ0v) is 26.5. The maximum absolute atomic E-state index is 12.8. The van der Waals surface area contributed by atoms with Crippen LogP contribution in [-0.4, -0.2) is 112 Å². The van der Waals surface area contributed by atoms with Gasteiger partial charge in [-0.05, 0) is 89.5 Å². The van der Waals surface area contributed by atoms with E-state index in [1.165, 1.54) is 0 Å². The topological polar surface area (TPSA) is 110 Å². The summed E-state index contributed by atoms with van der Waals surface area (Å²) in [5.41, 5.74) is -0.198. The number of quaternary nitrogens is 1. The fourth-order valence-electron chi connectivity index (χ4n) is 5.37. The number of aliphatic hydroxyl groups is 3. The summed E-state index contributed by atoms with van der Waals surface area (Å²) in [6.45, 7) is 6.15. The van der Waals surface area contributed by atoms with Gasteiger partial charge in [-0.1, -0.05) is 20.6 Å². The lowest BCUT2D eigenvalue weighted by atomic mass is 10.0. The summed E-state index contributed by atoms with van der Waals surface area (Å²) >= 11 is 0. The average molecular weight is 683 g/mol. The van der Waals surface area contributed by atoms with E-state index in [1.807, 2.05) is 6.92 Å². The highest BCUT2D eigenvalue weighted by Gasteiger charge is 2.63. The lowest BCUT2D eigenvalue weighted by Crippen LogP contribution is -2.43. The highest BCUT2D eigenvalue weighted by atomic mass is 19.4. The van der Waals surface area contributed by atoms with Crippen molar-refractivity contribution in [2.45, 2.75) is 127 Å². The number of rotatable bonds is 16. The molecule has 1 saturated heterocycles. The van der Waals surface area contributed by atoms with Crippen LogP contribution in [0.4, 0.5) is 35.9 Å². The summed E-state index contributed by atoms with van der Waals surface area (Å²) in [5, 5.41) is 22.7. The molecule has 0 aromatic carbocycles. The van der Waals surface area contributed by atoms with E-state index in [1.54, 1.807) is 26.3 Å². The van der Waals surface area contributed by atoms with Crippen molar-refractivity contribution in [3.8, 4) is 0 Å². The lowest BCUT2D eigenvalue weighted by Gasteiger charge is -2.30. The number of halogens is 8. The Hall–Kier alpha value is -1.00. The Balaban J connectivity index is 0.000000575. The fraction of sp³-hybridized carbons (Fsp3) is 1.00. The van der Waals surface area contributed by atoms with Gasteiger partial charge in [-0.25, -0.2) is 0 Å². The molecule has 0 aromatic heterocycles. The summed E-state index contributed by atoms with van der Waals surface area (Å²) in [7, 11) is 0. The molecule has 3 aliphatic rings. The SMILES string of the molecule is CC(CCCCNF)OCO.CC1(OCO)CCCC1N(F)F.CC1(OCO)CCCC1N(F)F.CCC[N+]1(F)CC1N(F)F. The number of nitrogens with zero attached hydrogens (tertiary/aromatic N) is 4. The second-order valence-electron chi connectivity index (χ2n) is 11.6. The monoisotopic (exact) mass is 682 g/mol. The second-order valence-corrected chi connectivity index (χ2v) is 11.6. The zero-order chi connectivity index (χ0) is 34.7. The molecule has 2 saturated carbocycles. The summed E-state index contributed by atoms with van der Waals surface area (Å²) in [5.74, 6) is 0. The molecule has 0 aromatic rings. The van der Waals surface area contributed by atoms with E-state index in [0.29, 0.717) is 51.5 Å². The number of hydrogen-bond acceptors (Lipinski definition) is 10. The van der Waals surface area contributed by atoms with E-state index in [0.717, 1.165) is 19.3 Å². The molecule has 0 amide bonds. The second kappa shape index (κ2) is 22.5. The summed E-state index contributed by atoms with van der Waals surface area (Å²) in [6.07, 6.45) is 5.46. The van der Waals surface area contributed by atoms with E-state index in [4.69, 9.17) is 29.5 Å². The maximum Gasteiger partial charge on any atom is 0.290 e. The van der Waals surface area contributed by atoms with Gasteiger partial charge in [0.25, 0.3) is 6.17 Å². The molecule has 0 spiro atoms. The van der Waals surface area contributed by atoms with Crippen molar-refractivity contribution in [1.29, 1.82) is 0 Å². The number of aliphatic hydroxyl groups excluding tert-OH is 3. The first kappa shape index (κ1) is 44.0. The molecule has 0 bridgehead atoms. The van der Waals surface area contributed by atoms with E-state index in [2.05, 4.69) is 0 Å². The van der Waals surface area contributed by atoms with Crippen LogP contribution in [0.2, 0.25) is 0 Å². The van der Waals surface area contributed by atoms with Crippen molar-refractivity contribution in [1.82, 2.24) is 21.6 Å². The average Bonchev–Trinajstić information content (AvgIpc) is 3.25. The Bertz CT molecular complexity index is 728. The van der Waals surface area contributed by atoms with E-state index >= 15 is 0 Å². The first-order chi connectivity index (χ1) is 21.1. The van der Waals surface area contributed by atoms with Gasteiger partial charge in [-0.3, -0.25) is 0 Å². The molecule has 7 unspecified atom stereocenters. The van der Waals surface area contributed by atoms with Crippen LogP contribution in [0.25, 0.3) is 0 Å². The standard InChI is InChI=1S/2C7H13F2NO2.C7H16FNO2.C5H10F3N2/c2*1-7(12-5-11)4-2-3-6(7)10(8)9;1-7(11-6-10)4-2-3-5-9-8;1-2-3-10(8)4-5(10)9(6)7/h2*6,11H,2-5H2,1H3;7,9-10H,2-6H2,1H3;5H,2-4H2,1H3/q;;;+1. The van der Waals surface area contributed by atoms with E-state index in [-0.39, 0.29) is 26.0 Å². The summed E-state index contributed by atoms with van der Waals surface area (Å²) in [6, 6.07) is -1.77. The molecule has 2 aliphatic carbocycles. The molecule has 272 valence electrons. The van der Waals surface area contributed by atoms with Crippen LogP contribution in [-0.2, 0) is 14.2 Å². The molecule has 11 nitrogen and oxygen atoms in total. The molecule has 4 N–H and O–H groups in total. The molecular formula is C26H52F8N5O6+. The van der Waals surface area contributed by atoms with Gasteiger partial charge in [-0.2, -0.15) is 5.54 Å². The van der Waals surface area contributed by atoms with Gasteiger partial charge in [0.1, 0.15) is 39.0 Å². The third-order valence-electron chi connectivity index (χ3n) is 8.15. The zero-order valence-electron chi connectivity index (χ0n) is 26.5. The van der Waals surface area contributed by atoms with Gasteiger partial charge < -0.3 is 29.5 Å². The number of hydrogen-bond donors (Lipinski definition) is 4. The molecule has 7 atom stereocenters. The van der Waals surface area contributed by atoms with E-state index in [9.17, 15) is 35.9 Å². The predicted octanol–water partition coefficient (Wildman–Crippen LogP) is 5.16. The van der Waals surface area contributed by atoms with Crippen molar-refractivity contribution in [2.75, 3.05) is 40.0 Å². The molecule has 1 aliphatic heterocycles. The Morgan fingerprint density at radius 3 is 1.67 bits per heavy atom. The van der Waals surface area contributed by atoms with Crippen LogP contribution < -0.4 is 5.54 Å². The van der Waals surface area contributed by atoms with Gasteiger partial charge in [0.05, 0.1) is 22.7 Å². The van der Waals surface area contributed by atoms with Crippen LogP contribution in [0.1, 0.15) is 91.9 Å². The lowest BCUT2D eigenvalue weighted by molar-refractivity contribution is -0.968. The van der Waals surface area contributed by atoms with Gasteiger partial charge in [0.2, 0.25) is 0 Å². The Kier molecular flexibility index (Phi) is 22.0. The molecule has 1 heterocycles. The molecule has 3 fully saturated rings. The highest BCUT2D eigenvalue weighted by molar-refractivity contribution is 4.94. The Morgan fingerprint density at radius 2 is 1.33 bits per heavy atom. The third kappa shape index (κ3) is 16.1. The fourth-order valence-corrected chi connectivity index (χ4v) is 5.37. The smallest absolute Gasteiger partial charge is 0.290 e. The molecule has 45 heavy (non-hydrogen) atoms. The van der Waals surface area contributed by atoms with Gasteiger partial charge in [-0.15, -0.1) is 22.4 Å². The molecule has 19 heteroatoms. The van der Waals surface area contributed by atoms with Crippen molar-refractivity contribution in [2.24, 2.45) is 0 Å². The Labute approximate surface area is 259 Å². The molecular weight excluding hydrogens is 630 g/mol. The summed E-state index contributed by atoms with van der Waals surface area (Å²) in [4.78, 5) is 0. The third-order valence-corrected chi connectivity index (χ3v) is 8.15. The first-order valence-electron chi connectivity index (χ1n) is 15.1. The van der Waals surface area contributed by atoms with Gasteiger partial charge in [0, 0.05) is 17.2 Å². The maximum atomic E-state index is 12.8. The van der Waals surface area contributed by atoms with Gasteiger partial charge >= 0.3 is 0 Å².